The van der Waals surface area contributed by atoms with Crippen LogP contribution in [0.4, 0.5) is 0 Å². The van der Waals surface area contributed by atoms with E-state index in [1.165, 1.54) is 0 Å². The number of carbonyl (C=O) groups excluding carboxylic acids is 5. The van der Waals surface area contributed by atoms with E-state index in [0.717, 1.165) is 34.6 Å². The van der Waals surface area contributed by atoms with Gasteiger partial charge in [0, 0.05) is 34.6 Å². The van der Waals surface area contributed by atoms with Crippen LogP contribution in [0.15, 0.2) is 0 Å². The van der Waals surface area contributed by atoms with Crippen LogP contribution in [-0.4, -0.2) is 67.2 Å². The Morgan fingerprint density at radius 1 is 0.630 bits per heavy atom. The Balaban J connectivity index is 3.29. The first-order valence-electron chi connectivity index (χ1n) is 7.99. The highest BCUT2D eigenvalue weighted by Crippen LogP contribution is 2.29. The molecule has 1 saturated heterocycles. The lowest BCUT2D eigenvalue weighted by molar-refractivity contribution is -0.300. The van der Waals surface area contributed by atoms with Crippen LogP contribution in [0.2, 0.25) is 0 Å². The van der Waals surface area contributed by atoms with E-state index >= 15 is 0 Å². The van der Waals surface area contributed by atoms with Crippen molar-refractivity contribution in [3.63, 3.8) is 0 Å². The molecule has 152 valence electrons. The largest absolute Gasteiger partial charge is 0.463 e. The minimum absolute atomic E-state index is 0.393. The van der Waals surface area contributed by atoms with Gasteiger partial charge in [-0.25, -0.2) is 0 Å². The van der Waals surface area contributed by atoms with Gasteiger partial charge in [-0.3, -0.25) is 24.0 Å². The standard InChI is InChI=1S/C16H22O11/c1-7(17)22-6-12-13(23-8(2)18)14(24-9(3)19)15(25-10(4)20)16(27-12)26-11(5)21/h12-16H,6H2,1-5H3/t12?,13-,14?,15+,16?/m0/s1. The van der Waals surface area contributed by atoms with E-state index in [4.69, 9.17) is 28.4 Å². The second kappa shape index (κ2) is 9.86. The molecule has 1 aliphatic heterocycles. The van der Waals surface area contributed by atoms with Crippen molar-refractivity contribution >= 4 is 29.8 Å². The number of carbonyl (C=O) groups is 5. The molecular weight excluding hydrogens is 368 g/mol. The van der Waals surface area contributed by atoms with Gasteiger partial charge in [0.25, 0.3) is 0 Å². The van der Waals surface area contributed by atoms with E-state index in [1.807, 2.05) is 0 Å². The van der Waals surface area contributed by atoms with Crippen LogP contribution in [0.25, 0.3) is 0 Å². The zero-order chi connectivity index (χ0) is 20.7. The van der Waals surface area contributed by atoms with E-state index in [0.29, 0.717) is 0 Å². The fourth-order valence-electron chi connectivity index (χ4n) is 2.45. The van der Waals surface area contributed by atoms with E-state index in [1.54, 1.807) is 0 Å². The number of rotatable bonds is 6. The molecular formula is C16H22O11. The van der Waals surface area contributed by atoms with Gasteiger partial charge in [-0.05, 0) is 0 Å². The third-order valence-electron chi connectivity index (χ3n) is 3.23. The maximum Gasteiger partial charge on any atom is 0.305 e. The molecule has 1 heterocycles. The molecule has 0 N–H and O–H groups in total. The molecule has 0 aliphatic carbocycles. The van der Waals surface area contributed by atoms with Crippen molar-refractivity contribution in [1.29, 1.82) is 0 Å². The van der Waals surface area contributed by atoms with Gasteiger partial charge in [0.1, 0.15) is 12.7 Å². The summed E-state index contributed by atoms with van der Waals surface area (Å²) in [6.07, 6.45) is -6.70. The molecule has 11 nitrogen and oxygen atoms in total. The first-order chi connectivity index (χ1) is 12.5. The zero-order valence-electron chi connectivity index (χ0n) is 15.6. The Hall–Kier alpha value is -2.69. The normalized spacial score (nSPS) is 27.1. The molecule has 0 spiro atoms. The lowest BCUT2D eigenvalue weighted by Gasteiger charge is -2.43. The average Bonchev–Trinajstić information content (AvgIpc) is 2.49. The topological polar surface area (TPSA) is 141 Å². The third kappa shape index (κ3) is 7.21. The van der Waals surface area contributed by atoms with E-state index in [2.05, 4.69) is 0 Å². The van der Waals surface area contributed by atoms with Crippen molar-refractivity contribution < 1.29 is 52.4 Å². The molecule has 0 amide bonds. The molecule has 3 unspecified atom stereocenters. The lowest BCUT2D eigenvalue weighted by Crippen LogP contribution is -2.63. The predicted octanol–water partition coefficient (Wildman–Crippen LogP) is -0.367. The summed E-state index contributed by atoms with van der Waals surface area (Å²) in [6.45, 7) is 5.13. The maximum atomic E-state index is 11.5. The summed E-state index contributed by atoms with van der Waals surface area (Å²) >= 11 is 0. The number of hydrogen-bond donors (Lipinski definition) is 0. The van der Waals surface area contributed by atoms with Gasteiger partial charge in [-0.15, -0.1) is 0 Å². The van der Waals surface area contributed by atoms with E-state index in [9.17, 15) is 24.0 Å². The minimum atomic E-state index is -1.48. The fraction of sp³-hybridized carbons (Fsp3) is 0.688. The first kappa shape index (κ1) is 22.4. The van der Waals surface area contributed by atoms with Crippen LogP contribution in [-0.2, 0) is 52.4 Å². The summed E-state index contributed by atoms with van der Waals surface area (Å²) in [7, 11) is 0. The third-order valence-corrected chi connectivity index (χ3v) is 3.23. The average molecular weight is 390 g/mol. The summed E-state index contributed by atoms with van der Waals surface area (Å²) in [6, 6.07) is 0. The van der Waals surface area contributed by atoms with Crippen LogP contribution in [0.5, 0.6) is 0 Å². The number of esters is 5. The number of ether oxygens (including phenoxy) is 6. The van der Waals surface area contributed by atoms with Gasteiger partial charge < -0.3 is 28.4 Å². The summed E-state index contributed by atoms with van der Waals surface area (Å²) in [4.78, 5) is 57.0. The SMILES string of the molecule is CC(=O)OCC1OC(OC(C)=O)[C@H](OC(C)=O)C(OC(C)=O)[C@H]1OC(C)=O. The quantitative estimate of drug-likeness (QED) is 0.433. The summed E-state index contributed by atoms with van der Waals surface area (Å²) in [5.74, 6) is -3.71. The molecule has 1 rings (SSSR count). The van der Waals surface area contributed by atoms with Crippen molar-refractivity contribution in [2.45, 2.75) is 65.3 Å². The Kier molecular flexibility index (Phi) is 8.16. The maximum absolute atomic E-state index is 11.5. The highest BCUT2D eigenvalue weighted by molar-refractivity contribution is 5.69. The second-order valence-corrected chi connectivity index (χ2v) is 5.68. The summed E-state index contributed by atoms with van der Waals surface area (Å²) < 4.78 is 30.8. The van der Waals surface area contributed by atoms with Crippen molar-refractivity contribution in [1.82, 2.24) is 0 Å². The van der Waals surface area contributed by atoms with Crippen LogP contribution < -0.4 is 0 Å². The summed E-state index contributed by atoms with van der Waals surface area (Å²) in [5.41, 5.74) is 0. The van der Waals surface area contributed by atoms with Gasteiger partial charge in [0.05, 0.1) is 0 Å². The molecule has 0 aromatic heterocycles. The molecule has 0 aromatic rings. The van der Waals surface area contributed by atoms with E-state index < -0.39 is 67.2 Å². The molecule has 1 aliphatic rings. The van der Waals surface area contributed by atoms with Crippen LogP contribution >= 0.6 is 0 Å². The highest BCUT2D eigenvalue weighted by atomic mass is 16.7. The second-order valence-electron chi connectivity index (χ2n) is 5.68. The smallest absolute Gasteiger partial charge is 0.305 e. The Morgan fingerprint density at radius 3 is 1.52 bits per heavy atom. The molecule has 11 heteroatoms. The van der Waals surface area contributed by atoms with Crippen molar-refractivity contribution in [3.05, 3.63) is 0 Å². The Bertz CT molecular complexity index is 599. The number of hydrogen-bond acceptors (Lipinski definition) is 11. The lowest BCUT2D eigenvalue weighted by atomic mass is 9.98. The molecule has 0 radical (unpaired) electrons. The van der Waals surface area contributed by atoms with Crippen molar-refractivity contribution in [2.24, 2.45) is 0 Å². The zero-order valence-corrected chi connectivity index (χ0v) is 15.6. The molecule has 0 bridgehead atoms. The van der Waals surface area contributed by atoms with Gasteiger partial charge in [-0.1, -0.05) is 0 Å². The first-order valence-corrected chi connectivity index (χ1v) is 7.99. The molecule has 27 heavy (non-hydrogen) atoms. The van der Waals surface area contributed by atoms with Gasteiger partial charge >= 0.3 is 29.8 Å². The minimum Gasteiger partial charge on any atom is -0.463 e. The molecule has 5 atom stereocenters. The van der Waals surface area contributed by atoms with Crippen molar-refractivity contribution in [3.8, 4) is 0 Å². The van der Waals surface area contributed by atoms with Gasteiger partial charge in [-0.2, -0.15) is 0 Å². The Morgan fingerprint density at radius 2 is 1.07 bits per heavy atom. The van der Waals surface area contributed by atoms with Gasteiger partial charge in [0.15, 0.2) is 12.2 Å². The van der Waals surface area contributed by atoms with Gasteiger partial charge in [0.2, 0.25) is 12.4 Å². The summed E-state index contributed by atoms with van der Waals surface area (Å²) in [5, 5.41) is 0. The van der Waals surface area contributed by atoms with Crippen LogP contribution in [0, 0.1) is 0 Å². The predicted molar refractivity (Wildman–Crippen MR) is 83.7 cm³/mol. The molecule has 0 saturated carbocycles. The fourth-order valence-corrected chi connectivity index (χ4v) is 2.45. The Labute approximate surface area is 155 Å². The van der Waals surface area contributed by atoms with Crippen LogP contribution in [0.3, 0.4) is 0 Å². The highest BCUT2D eigenvalue weighted by Gasteiger charge is 2.53. The monoisotopic (exact) mass is 390 g/mol. The van der Waals surface area contributed by atoms with Crippen molar-refractivity contribution in [2.75, 3.05) is 6.61 Å². The van der Waals surface area contributed by atoms with E-state index in [-0.39, 0.29) is 0 Å². The molecule has 1 fully saturated rings. The molecule has 0 aromatic carbocycles. The van der Waals surface area contributed by atoms with Crippen LogP contribution in [0.1, 0.15) is 34.6 Å².